The Morgan fingerprint density at radius 1 is 1.20 bits per heavy atom. The SMILES string of the molecule is COc1cc(C=O)ccc1O.O=C(O)CCCC(=O)O. The van der Waals surface area contributed by atoms with E-state index < -0.39 is 11.9 Å². The number of phenols is 1. The van der Waals surface area contributed by atoms with Crippen LogP contribution in [0.2, 0.25) is 0 Å². The van der Waals surface area contributed by atoms with Crippen molar-refractivity contribution in [1.29, 1.82) is 0 Å². The lowest BCUT2D eigenvalue weighted by Crippen LogP contribution is -1.98. The quantitative estimate of drug-likeness (QED) is 0.677. The van der Waals surface area contributed by atoms with E-state index in [2.05, 4.69) is 0 Å². The van der Waals surface area contributed by atoms with Crippen LogP contribution < -0.4 is 4.74 Å². The normalized spacial score (nSPS) is 9.05. The monoisotopic (exact) mass is 284 g/mol. The molecular weight excluding hydrogens is 268 g/mol. The van der Waals surface area contributed by atoms with Gasteiger partial charge in [-0.2, -0.15) is 0 Å². The van der Waals surface area contributed by atoms with Gasteiger partial charge in [-0.15, -0.1) is 0 Å². The van der Waals surface area contributed by atoms with Gasteiger partial charge in [-0.3, -0.25) is 14.4 Å². The number of aliphatic carboxylic acids is 2. The van der Waals surface area contributed by atoms with Crippen molar-refractivity contribution in [2.24, 2.45) is 0 Å². The summed E-state index contributed by atoms with van der Waals surface area (Å²) >= 11 is 0. The first-order valence-electron chi connectivity index (χ1n) is 5.66. The molecule has 0 saturated carbocycles. The van der Waals surface area contributed by atoms with Crippen molar-refractivity contribution >= 4 is 18.2 Å². The average Bonchev–Trinajstić information content (AvgIpc) is 2.39. The summed E-state index contributed by atoms with van der Waals surface area (Å²) < 4.78 is 4.78. The van der Waals surface area contributed by atoms with E-state index in [9.17, 15) is 14.4 Å². The topological polar surface area (TPSA) is 121 Å². The maximum Gasteiger partial charge on any atom is 0.303 e. The van der Waals surface area contributed by atoms with E-state index in [0.29, 0.717) is 17.6 Å². The van der Waals surface area contributed by atoms with E-state index in [0.717, 1.165) is 0 Å². The van der Waals surface area contributed by atoms with Crippen molar-refractivity contribution < 1.29 is 34.4 Å². The second kappa shape index (κ2) is 9.37. The molecular formula is C13H16O7. The van der Waals surface area contributed by atoms with Gasteiger partial charge in [0.1, 0.15) is 6.29 Å². The summed E-state index contributed by atoms with van der Waals surface area (Å²) in [5.41, 5.74) is 0.486. The van der Waals surface area contributed by atoms with Gasteiger partial charge in [-0.25, -0.2) is 0 Å². The summed E-state index contributed by atoms with van der Waals surface area (Å²) in [6.07, 6.45) is 0.783. The van der Waals surface area contributed by atoms with Gasteiger partial charge >= 0.3 is 11.9 Å². The van der Waals surface area contributed by atoms with Gasteiger partial charge in [0.25, 0.3) is 0 Å². The number of benzene rings is 1. The Labute approximate surface area is 115 Å². The molecule has 1 aromatic carbocycles. The Balaban J connectivity index is 0.000000370. The van der Waals surface area contributed by atoms with Crippen molar-refractivity contribution in [1.82, 2.24) is 0 Å². The number of aldehydes is 1. The van der Waals surface area contributed by atoms with Crippen LogP contribution in [0.1, 0.15) is 29.6 Å². The number of hydrogen-bond acceptors (Lipinski definition) is 5. The van der Waals surface area contributed by atoms with E-state index in [1.54, 1.807) is 0 Å². The zero-order chi connectivity index (χ0) is 15.5. The molecule has 0 fully saturated rings. The highest BCUT2D eigenvalue weighted by Crippen LogP contribution is 2.25. The number of methoxy groups -OCH3 is 1. The van der Waals surface area contributed by atoms with Crippen LogP contribution in [0.25, 0.3) is 0 Å². The summed E-state index contributed by atoms with van der Waals surface area (Å²) in [5, 5.41) is 25.2. The molecule has 0 aliphatic heterocycles. The van der Waals surface area contributed by atoms with Crippen LogP contribution in [0.15, 0.2) is 18.2 Å². The summed E-state index contributed by atoms with van der Waals surface area (Å²) in [6.45, 7) is 0. The van der Waals surface area contributed by atoms with Crippen LogP contribution in [0.3, 0.4) is 0 Å². The first-order valence-corrected chi connectivity index (χ1v) is 5.66. The molecule has 0 radical (unpaired) electrons. The summed E-state index contributed by atoms with van der Waals surface area (Å²) in [6, 6.07) is 4.41. The molecule has 0 amide bonds. The number of carbonyl (C=O) groups excluding carboxylic acids is 1. The predicted octanol–water partition coefficient (Wildman–Crippen LogP) is 1.54. The van der Waals surface area contributed by atoms with Gasteiger partial charge < -0.3 is 20.1 Å². The van der Waals surface area contributed by atoms with E-state index >= 15 is 0 Å². The number of carboxylic acid groups (broad SMARTS) is 2. The first kappa shape index (κ1) is 17.4. The van der Waals surface area contributed by atoms with Gasteiger partial charge in [-0.05, 0) is 24.6 Å². The number of carboxylic acids is 2. The van der Waals surface area contributed by atoms with Crippen LogP contribution in [0, 0.1) is 0 Å². The maximum atomic E-state index is 10.2. The Morgan fingerprint density at radius 3 is 2.15 bits per heavy atom. The third-order valence-electron chi connectivity index (χ3n) is 2.12. The molecule has 0 saturated heterocycles. The largest absolute Gasteiger partial charge is 0.504 e. The van der Waals surface area contributed by atoms with Gasteiger partial charge in [0.05, 0.1) is 7.11 Å². The third-order valence-corrected chi connectivity index (χ3v) is 2.12. The minimum Gasteiger partial charge on any atom is -0.504 e. The average molecular weight is 284 g/mol. The number of aromatic hydroxyl groups is 1. The summed E-state index contributed by atoms with van der Waals surface area (Å²) in [4.78, 5) is 29.8. The Kier molecular flexibility index (Phi) is 8.17. The van der Waals surface area contributed by atoms with Crippen molar-refractivity contribution in [2.75, 3.05) is 7.11 Å². The fourth-order valence-electron chi connectivity index (χ4n) is 1.16. The molecule has 3 N–H and O–H groups in total. The van der Waals surface area contributed by atoms with Gasteiger partial charge in [0.15, 0.2) is 11.5 Å². The highest BCUT2D eigenvalue weighted by Gasteiger charge is 2.00. The molecule has 1 rings (SSSR count). The second-order valence-corrected chi connectivity index (χ2v) is 3.69. The smallest absolute Gasteiger partial charge is 0.303 e. The molecule has 0 unspecified atom stereocenters. The number of hydrogen-bond donors (Lipinski definition) is 3. The highest BCUT2D eigenvalue weighted by atomic mass is 16.5. The van der Waals surface area contributed by atoms with E-state index in [1.165, 1.54) is 25.3 Å². The first-order chi connectivity index (χ1) is 9.40. The molecule has 0 heterocycles. The van der Waals surface area contributed by atoms with Crippen LogP contribution in [-0.2, 0) is 9.59 Å². The Bertz CT molecular complexity index is 454. The molecule has 0 atom stereocenters. The molecule has 0 spiro atoms. The minimum absolute atomic E-state index is 0.0399. The fraction of sp³-hybridized carbons (Fsp3) is 0.308. The van der Waals surface area contributed by atoms with Crippen molar-refractivity contribution in [3.63, 3.8) is 0 Å². The van der Waals surface area contributed by atoms with Crippen molar-refractivity contribution in [3.8, 4) is 11.5 Å². The zero-order valence-corrected chi connectivity index (χ0v) is 10.9. The van der Waals surface area contributed by atoms with Crippen molar-refractivity contribution in [3.05, 3.63) is 23.8 Å². The van der Waals surface area contributed by atoms with Gasteiger partial charge in [-0.1, -0.05) is 0 Å². The Hall–Kier alpha value is -2.57. The molecule has 7 nitrogen and oxygen atoms in total. The zero-order valence-electron chi connectivity index (χ0n) is 10.9. The third kappa shape index (κ3) is 7.70. The molecule has 20 heavy (non-hydrogen) atoms. The lowest BCUT2D eigenvalue weighted by atomic mass is 10.2. The molecule has 0 aromatic heterocycles. The van der Waals surface area contributed by atoms with E-state index in [1.807, 2.05) is 0 Å². The maximum absolute atomic E-state index is 10.2. The van der Waals surface area contributed by atoms with E-state index in [4.69, 9.17) is 20.1 Å². The molecule has 1 aromatic rings. The van der Waals surface area contributed by atoms with Crippen molar-refractivity contribution in [2.45, 2.75) is 19.3 Å². The number of phenolic OH excluding ortho intramolecular Hbond substituents is 1. The molecule has 0 bridgehead atoms. The fourth-order valence-corrected chi connectivity index (χ4v) is 1.16. The lowest BCUT2D eigenvalue weighted by molar-refractivity contribution is -0.138. The molecule has 0 aliphatic carbocycles. The Morgan fingerprint density at radius 2 is 1.75 bits per heavy atom. The minimum atomic E-state index is -0.948. The molecule has 7 heteroatoms. The number of ether oxygens (including phenoxy) is 1. The van der Waals surface area contributed by atoms with Gasteiger partial charge in [0.2, 0.25) is 0 Å². The van der Waals surface area contributed by atoms with E-state index in [-0.39, 0.29) is 25.0 Å². The highest BCUT2D eigenvalue weighted by molar-refractivity contribution is 5.76. The second-order valence-electron chi connectivity index (χ2n) is 3.69. The van der Waals surface area contributed by atoms with Crippen LogP contribution in [-0.4, -0.2) is 40.7 Å². The number of rotatable bonds is 6. The lowest BCUT2D eigenvalue weighted by Gasteiger charge is -2.01. The van der Waals surface area contributed by atoms with Gasteiger partial charge in [0, 0.05) is 18.4 Å². The number of carbonyl (C=O) groups is 3. The molecule has 110 valence electrons. The molecule has 0 aliphatic rings. The summed E-state index contributed by atoms with van der Waals surface area (Å²) in [7, 11) is 1.43. The van der Waals surface area contributed by atoms with Crippen LogP contribution in [0.4, 0.5) is 0 Å². The standard InChI is InChI=1S/C8H8O3.C5H8O4/c1-11-8-4-6(5-9)2-3-7(8)10;6-4(7)2-1-3-5(8)9/h2-5,10H,1H3;1-3H2,(H,6,7)(H,8,9). The van der Waals surface area contributed by atoms with Crippen LogP contribution >= 0.6 is 0 Å². The predicted molar refractivity (Wildman–Crippen MR) is 69.2 cm³/mol. The summed E-state index contributed by atoms with van der Waals surface area (Å²) in [5.74, 6) is -1.54. The van der Waals surface area contributed by atoms with Crippen LogP contribution in [0.5, 0.6) is 11.5 Å².